The quantitative estimate of drug-likeness (QED) is 0.115. The van der Waals surface area contributed by atoms with Crippen molar-refractivity contribution in [3.05, 3.63) is 559 Å². The predicted octanol–water partition coefficient (Wildman–Crippen LogP) is 35.6. The lowest BCUT2D eigenvalue weighted by Crippen LogP contribution is -2.33. The summed E-state index contributed by atoms with van der Waals surface area (Å²) in [4.78, 5) is 5.07. The van der Waals surface area contributed by atoms with Crippen LogP contribution >= 0.6 is 0 Å². The van der Waals surface area contributed by atoms with Crippen LogP contribution in [0, 0.1) is 0 Å². The van der Waals surface area contributed by atoms with Crippen molar-refractivity contribution in [2.24, 2.45) is 0 Å². The molecule has 25 aromatic rings. The van der Waals surface area contributed by atoms with E-state index in [1.165, 1.54) is 166 Å². The summed E-state index contributed by atoms with van der Waals surface area (Å²) in [6.45, 7) is 4.79. The first-order valence-electron chi connectivity index (χ1n) is 49.6. The summed E-state index contributed by atoms with van der Waals surface area (Å²) in [5.74, 6) is 0. The monoisotopic (exact) mass is 1800 g/mol. The molecule has 0 unspecified atom stereocenters. The van der Waals surface area contributed by atoms with E-state index in [4.69, 9.17) is 0 Å². The fourth-order valence-electron chi connectivity index (χ4n) is 26.1. The van der Waals surface area contributed by atoms with E-state index >= 15 is 0 Å². The number of nitrogens with zero attached hydrogens (tertiary/aromatic N) is 5. The SMILES string of the molecule is CC1(C)c2ccccc2-c2ccc(N(c3ccc4c(c3)C3(c5ccccc5-c5ccccc53)c3cccc5c6ccc(-c7ccc8c(c7)c7ccccc7n8-c7cccc(-c8ccc(N(c9ccc%10c(c9)C9(c%11ccccc%11-c%11ccccc%119)c9cccc%11c%12ccccc%12n-%10c9%11)c9ccccc9-c9ccc(-c%10ccccc%10)cc9)cc8)c7)cc6n-4c35)c3ccccc3-c3ccc(-c4ccccc4)cc3)cc21. The minimum absolute atomic E-state index is 0.239. The maximum atomic E-state index is 2.63. The Morgan fingerprint density at radius 2 is 0.493 bits per heavy atom. The van der Waals surface area contributed by atoms with Crippen molar-refractivity contribution in [1.82, 2.24) is 13.7 Å². The zero-order valence-electron chi connectivity index (χ0n) is 78.2. The molecule has 0 fully saturated rings. The van der Waals surface area contributed by atoms with E-state index in [2.05, 4.69) is 541 Å². The number of para-hydroxylation sites is 6. The van der Waals surface area contributed by atoms with Gasteiger partial charge in [0.25, 0.3) is 0 Å². The molecule has 0 radical (unpaired) electrons. The van der Waals surface area contributed by atoms with Crippen LogP contribution < -0.4 is 9.80 Å². The summed E-state index contributed by atoms with van der Waals surface area (Å²) in [6, 6.07) is 191. The molecule has 0 saturated carbocycles. The van der Waals surface area contributed by atoms with Crippen LogP contribution in [0.3, 0.4) is 0 Å². The predicted molar refractivity (Wildman–Crippen MR) is 591 cm³/mol. The molecule has 2 spiro atoms. The van der Waals surface area contributed by atoms with Gasteiger partial charge in [-0.05, 0) is 260 Å². The van der Waals surface area contributed by atoms with Gasteiger partial charge < -0.3 is 23.5 Å². The fourth-order valence-corrected chi connectivity index (χ4v) is 26.1. The highest BCUT2D eigenvalue weighted by atomic mass is 15.2. The zero-order valence-corrected chi connectivity index (χ0v) is 78.2. The average Bonchev–Trinajstić information content (AvgIpc) is 1.50. The molecule has 142 heavy (non-hydrogen) atoms. The standard InChI is InChI=1S/C137H89N5/c1-135(2)115-47-18-9-38-103(115)108-76-72-98(83-122(108)135)139(126-55-24-15-37-102(126)92-64-60-89(61-65-92)87-32-7-4-8-33-87)100-74-79-131-124(85-100)137(118-50-21-12-41-106(118)107-42-13-22-51-119(107)137)121-53-29-46-113-111-75-68-95(82-132(111)142(131)134(113)121)94-69-77-129-114(81-94)110-44-17-25-56-127(110)140(129)97-35-27-34-93(80-97)90-66-70-96(71-67-90)138(125-54-23-14-36-101(125)91-62-58-88(59-63-91)86-30-5-3-6-31-86)99-73-78-130-123(84-99)136(116-48-19-10-39-104(116)105-40-11-20-49-117(105)136)120-52-28-45-112-109-43-16-26-57-128(109)141(130)133(112)120/h3-85H,1-2H3. The first-order chi connectivity index (χ1) is 70.2. The maximum absolute atomic E-state index is 2.63. The largest absolute Gasteiger partial charge is 0.310 e. The molecule has 5 heterocycles. The van der Waals surface area contributed by atoms with E-state index in [1.807, 2.05) is 0 Å². The Morgan fingerprint density at radius 1 is 0.169 bits per heavy atom. The first kappa shape index (κ1) is 80.0. The van der Waals surface area contributed by atoms with E-state index in [9.17, 15) is 0 Å². The van der Waals surface area contributed by atoms with Crippen molar-refractivity contribution in [1.29, 1.82) is 0 Å². The summed E-state index contributed by atoms with van der Waals surface area (Å²) in [5, 5.41) is 7.35. The number of hydrogen-bond acceptors (Lipinski definition) is 2. The molecule has 0 atom stereocenters. The highest BCUT2D eigenvalue weighted by Crippen LogP contribution is 2.66. The Balaban J connectivity index is 0.552. The van der Waals surface area contributed by atoms with Crippen LogP contribution in [0.15, 0.2) is 504 Å². The lowest BCUT2D eigenvalue weighted by Gasteiger charge is -2.40. The number of fused-ring (bicyclic) bond motifs is 30. The van der Waals surface area contributed by atoms with Crippen molar-refractivity contribution in [2.45, 2.75) is 30.1 Å². The Kier molecular flexibility index (Phi) is 17.1. The molecule has 30 rings (SSSR count). The zero-order chi connectivity index (χ0) is 93.4. The third kappa shape index (κ3) is 11.2. The number of rotatable bonds is 13. The normalized spacial score (nSPS) is 13.6. The van der Waals surface area contributed by atoms with E-state index < -0.39 is 10.8 Å². The molecule has 662 valence electrons. The second-order valence-electron chi connectivity index (χ2n) is 39.6. The van der Waals surface area contributed by atoms with E-state index in [1.54, 1.807) is 0 Å². The Hall–Kier alpha value is -18.2. The molecule has 22 aromatic carbocycles. The van der Waals surface area contributed by atoms with Gasteiger partial charge in [0, 0.05) is 77.3 Å². The van der Waals surface area contributed by atoms with E-state index in [-0.39, 0.29) is 5.41 Å². The van der Waals surface area contributed by atoms with Crippen molar-refractivity contribution >= 4 is 99.5 Å². The second-order valence-corrected chi connectivity index (χ2v) is 39.6. The van der Waals surface area contributed by atoms with Gasteiger partial charge in [0.15, 0.2) is 0 Å². The summed E-state index contributed by atoms with van der Waals surface area (Å²) in [7, 11) is 0. The van der Waals surface area contributed by atoms with Crippen LogP contribution in [0.1, 0.15) is 69.5 Å². The molecule has 0 amide bonds. The van der Waals surface area contributed by atoms with Gasteiger partial charge in [-0.15, -0.1) is 0 Å². The van der Waals surface area contributed by atoms with Crippen molar-refractivity contribution < 1.29 is 0 Å². The van der Waals surface area contributed by atoms with Crippen molar-refractivity contribution in [3.8, 4) is 117 Å². The van der Waals surface area contributed by atoms with Crippen molar-refractivity contribution in [2.75, 3.05) is 9.80 Å². The summed E-state index contributed by atoms with van der Waals surface area (Å²) < 4.78 is 7.66. The molecule has 5 aliphatic rings. The minimum atomic E-state index is -0.710. The third-order valence-corrected chi connectivity index (χ3v) is 32.3. The molecule has 0 saturated heterocycles. The molecular formula is C137H89N5. The molecule has 3 aliphatic carbocycles. The summed E-state index contributed by atoms with van der Waals surface area (Å²) in [6.07, 6.45) is 0. The van der Waals surface area contributed by atoms with E-state index in [0.29, 0.717) is 0 Å². The number of anilines is 6. The Labute approximate surface area is 823 Å². The number of hydrogen-bond donors (Lipinski definition) is 0. The maximum Gasteiger partial charge on any atom is 0.0755 e. The Bertz CT molecular complexity index is 9550. The van der Waals surface area contributed by atoms with Crippen LogP contribution in [0.25, 0.3) is 183 Å². The van der Waals surface area contributed by atoms with Gasteiger partial charge in [0.1, 0.15) is 0 Å². The van der Waals surface area contributed by atoms with Crippen LogP contribution in [-0.4, -0.2) is 13.7 Å². The fraction of sp³-hybridized carbons (Fsp3) is 0.0365. The van der Waals surface area contributed by atoms with Gasteiger partial charge in [-0.1, -0.05) is 402 Å². The molecule has 2 aliphatic heterocycles. The molecule has 0 bridgehead atoms. The molecule has 0 N–H and O–H groups in total. The molecule has 3 aromatic heterocycles. The number of benzene rings is 22. The van der Waals surface area contributed by atoms with Crippen molar-refractivity contribution in [3.63, 3.8) is 0 Å². The molecule has 5 nitrogen and oxygen atoms in total. The van der Waals surface area contributed by atoms with Crippen LogP contribution in [0.4, 0.5) is 34.1 Å². The van der Waals surface area contributed by atoms with Gasteiger partial charge in [0.2, 0.25) is 0 Å². The van der Waals surface area contributed by atoms with Gasteiger partial charge in [-0.3, -0.25) is 0 Å². The lowest BCUT2D eigenvalue weighted by molar-refractivity contribution is 0.660. The summed E-state index contributed by atoms with van der Waals surface area (Å²) in [5.41, 5.74) is 49.9. The highest BCUT2D eigenvalue weighted by molar-refractivity contribution is 6.17. The lowest BCUT2D eigenvalue weighted by atomic mass is 9.65. The third-order valence-electron chi connectivity index (χ3n) is 32.3. The highest BCUT2D eigenvalue weighted by Gasteiger charge is 2.54. The van der Waals surface area contributed by atoms with Crippen LogP contribution in [-0.2, 0) is 16.2 Å². The second kappa shape index (κ2) is 30.4. The van der Waals surface area contributed by atoms with E-state index in [0.717, 1.165) is 107 Å². The minimum Gasteiger partial charge on any atom is -0.310 e. The molecule has 5 heteroatoms. The summed E-state index contributed by atoms with van der Waals surface area (Å²) >= 11 is 0. The van der Waals surface area contributed by atoms with Gasteiger partial charge in [-0.25, -0.2) is 0 Å². The van der Waals surface area contributed by atoms with Gasteiger partial charge in [0.05, 0.1) is 66.7 Å². The average molecular weight is 1810 g/mol. The van der Waals surface area contributed by atoms with Gasteiger partial charge >= 0.3 is 0 Å². The smallest absolute Gasteiger partial charge is 0.0755 e. The van der Waals surface area contributed by atoms with Crippen LogP contribution in [0.5, 0.6) is 0 Å². The Morgan fingerprint density at radius 3 is 1.03 bits per heavy atom. The number of aromatic nitrogens is 3. The van der Waals surface area contributed by atoms with Gasteiger partial charge in [-0.2, -0.15) is 0 Å². The van der Waals surface area contributed by atoms with Crippen LogP contribution in [0.2, 0.25) is 0 Å². The first-order valence-corrected chi connectivity index (χ1v) is 49.6. The topological polar surface area (TPSA) is 21.3 Å². The molecular weight excluding hydrogens is 1720 g/mol.